The summed E-state index contributed by atoms with van der Waals surface area (Å²) in [7, 11) is 0. The van der Waals surface area contributed by atoms with E-state index in [0.717, 1.165) is 9.92 Å². The van der Waals surface area contributed by atoms with Crippen LogP contribution in [0.2, 0.25) is 5.15 Å². The van der Waals surface area contributed by atoms with E-state index in [1.54, 1.807) is 22.3 Å². The van der Waals surface area contributed by atoms with Crippen molar-refractivity contribution in [3.8, 4) is 0 Å². The number of hydrogen-bond acceptors (Lipinski definition) is 4. The Bertz CT molecular complexity index is 753. The van der Waals surface area contributed by atoms with Crippen LogP contribution in [0.25, 0.3) is 5.78 Å². The molecule has 1 aromatic carbocycles. The van der Waals surface area contributed by atoms with Gasteiger partial charge in [0, 0.05) is 11.0 Å². The van der Waals surface area contributed by atoms with Crippen LogP contribution < -0.4 is 0 Å². The van der Waals surface area contributed by atoms with Crippen molar-refractivity contribution in [3.63, 3.8) is 0 Å². The zero-order valence-corrected chi connectivity index (χ0v) is 12.0. The van der Waals surface area contributed by atoms with Gasteiger partial charge in [0.1, 0.15) is 16.5 Å². The first-order chi connectivity index (χ1) is 9.13. The molecule has 0 atom stereocenters. The van der Waals surface area contributed by atoms with Gasteiger partial charge < -0.3 is 0 Å². The summed E-state index contributed by atoms with van der Waals surface area (Å²) in [5, 5.41) is 5.48. The fourth-order valence-corrected chi connectivity index (χ4v) is 2.97. The molecule has 0 spiro atoms. The maximum absolute atomic E-state index is 6.00. The van der Waals surface area contributed by atoms with E-state index >= 15 is 0 Å². The first-order valence-electron chi connectivity index (χ1n) is 5.75. The van der Waals surface area contributed by atoms with E-state index in [1.165, 1.54) is 17.5 Å². The van der Waals surface area contributed by atoms with Crippen molar-refractivity contribution in [3.05, 3.63) is 46.9 Å². The van der Waals surface area contributed by atoms with Gasteiger partial charge in [-0.25, -0.2) is 0 Å². The van der Waals surface area contributed by atoms with Crippen LogP contribution in [0.4, 0.5) is 0 Å². The van der Waals surface area contributed by atoms with Gasteiger partial charge in [-0.2, -0.15) is 19.6 Å². The van der Waals surface area contributed by atoms with Gasteiger partial charge in [0.2, 0.25) is 0 Å². The average molecular weight is 291 g/mol. The van der Waals surface area contributed by atoms with Crippen molar-refractivity contribution in [2.24, 2.45) is 0 Å². The summed E-state index contributed by atoms with van der Waals surface area (Å²) < 4.78 is 1.69. The fourth-order valence-electron chi connectivity index (χ4n) is 1.73. The summed E-state index contributed by atoms with van der Waals surface area (Å²) in [6.07, 6.45) is 1.48. The predicted molar refractivity (Wildman–Crippen MR) is 75.8 cm³/mol. The molecule has 3 aromatic rings. The molecule has 0 saturated heterocycles. The Hall–Kier alpha value is -1.59. The molecule has 0 amide bonds. The molecule has 2 heterocycles. The Morgan fingerprint density at radius 3 is 2.79 bits per heavy atom. The molecular formula is C13H11ClN4S. The van der Waals surface area contributed by atoms with E-state index in [9.17, 15) is 0 Å². The molecule has 2 aromatic heterocycles. The molecule has 0 N–H and O–H groups in total. The third-order valence-corrected chi connectivity index (χ3v) is 4.07. The van der Waals surface area contributed by atoms with Crippen LogP contribution >= 0.6 is 23.4 Å². The van der Waals surface area contributed by atoms with Crippen LogP contribution in [0.15, 0.2) is 40.5 Å². The molecule has 0 aliphatic carbocycles. The Morgan fingerprint density at radius 2 is 2.00 bits per heavy atom. The second-order valence-electron chi connectivity index (χ2n) is 4.24. The number of aromatic nitrogens is 4. The minimum absolute atomic E-state index is 0.423. The summed E-state index contributed by atoms with van der Waals surface area (Å²) in [6.45, 7) is 4.20. The number of fused-ring (bicyclic) bond motifs is 1. The second kappa shape index (κ2) is 4.83. The highest BCUT2D eigenvalue weighted by atomic mass is 35.5. The Morgan fingerprint density at radius 1 is 1.16 bits per heavy atom. The molecule has 0 unspecified atom stereocenters. The van der Waals surface area contributed by atoms with Gasteiger partial charge in [-0.3, -0.25) is 0 Å². The molecule has 96 valence electrons. The van der Waals surface area contributed by atoms with Gasteiger partial charge in [-0.05, 0) is 37.1 Å². The third kappa shape index (κ3) is 2.43. The molecule has 0 radical (unpaired) electrons. The average Bonchev–Trinajstić information content (AvgIpc) is 2.82. The number of halogens is 1. The van der Waals surface area contributed by atoms with Gasteiger partial charge >= 0.3 is 0 Å². The maximum atomic E-state index is 6.00. The van der Waals surface area contributed by atoms with E-state index < -0.39 is 0 Å². The highest BCUT2D eigenvalue weighted by molar-refractivity contribution is 7.99. The lowest BCUT2D eigenvalue weighted by molar-refractivity contribution is 0.842. The first kappa shape index (κ1) is 12.4. The van der Waals surface area contributed by atoms with Crippen molar-refractivity contribution < 1.29 is 0 Å². The van der Waals surface area contributed by atoms with Crippen molar-refractivity contribution in [1.29, 1.82) is 0 Å². The van der Waals surface area contributed by atoms with Crippen LogP contribution in [-0.2, 0) is 0 Å². The largest absolute Gasteiger partial charge is 0.254 e. The molecule has 0 aliphatic heterocycles. The van der Waals surface area contributed by atoms with Gasteiger partial charge in [-0.1, -0.05) is 29.4 Å². The molecule has 6 heteroatoms. The molecule has 3 rings (SSSR count). The summed E-state index contributed by atoms with van der Waals surface area (Å²) in [6, 6.07) is 8.14. The fraction of sp³-hybridized carbons (Fsp3) is 0.154. The third-order valence-electron chi connectivity index (χ3n) is 2.89. The van der Waals surface area contributed by atoms with Crippen LogP contribution in [-0.4, -0.2) is 19.6 Å². The highest BCUT2D eigenvalue weighted by Gasteiger charge is 2.08. The Labute approximate surface area is 119 Å². The number of rotatable bonds is 2. The second-order valence-corrected chi connectivity index (χ2v) is 5.72. The number of hydrogen-bond donors (Lipinski definition) is 0. The zero-order valence-electron chi connectivity index (χ0n) is 10.5. The predicted octanol–water partition coefficient (Wildman–Crippen LogP) is 3.55. The first-order valence-corrected chi connectivity index (χ1v) is 6.94. The number of benzene rings is 1. The van der Waals surface area contributed by atoms with E-state index in [0.29, 0.717) is 10.9 Å². The van der Waals surface area contributed by atoms with Crippen LogP contribution in [0.3, 0.4) is 0 Å². The Kier molecular flexibility index (Phi) is 3.16. The maximum Gasteiger partial charge on any atom is 0.254 e. The summed E-state index contributed by atoms with van der Waals surface area (Å²) >= 11 is 7.59. The van der Waals surface area contributed by atoms with Crippen molar-refractivity contribution in [2.75, 3.05) is 0 Å². The molecule has 19 heavy (non-hydrogen) atoms. The SMILES string of the molecule is Cc1ccc(Sc2cc(Cl)nc3ncnn23)cc1C. The number of aryl methyl sites for hydroxylation is 2. The van der Waals surface area contributed by atoms with E-state index in [1.807, 2.05) is 0 Å². The molecule has 0 fully saturated rings. The minimum Gasteiger partial charge on any atom is -0.199 e. The lowest BCUT2D eigenvalue weighted by Crippen LogP contribution is -1.95. The standard InChI is InChI=1S/C13H11ClN4S/c1-8-3-4-10(5-9(8)2)19-12-6-11(14)17-13-15-7-16-18(12)13/h3-7H,1-2H3. The molecular weight excluding hydrogens is 280 g/mol. The van der Waals surface area contributed by atoms with E-state index in [2.05, 4.69) is 47.1 Å². The lowest BCUT2D eigenvalue weighted by atomic mass is 10.1. The summed E-state index contributed by atoms with van der Waals surface area (Å²) in [5.41, 5.74) is 2.54. The smallest absolute Gasteiger partial charge is 0.199 e. The normalized spacial score (nSPS) is 11.1. The Balaban J connectivity index is 2.04. The minimum atomic E-state index is 0.423. The quantitative estimate of drug-likeness (QED) is 0.677. The van der Waals surface area contributed by atoms with Crippen molar-refractivity contribution in [2.45, 2.75) is 23.8 Å². The molecule has 0 bridgehead atoms. The van der Waals surface area contributed by atoms with Crippen LogP contribution in [0, 0.1) is 13.8 Å². The van der Waals surface area contributed by atoms with E-state index in [4.69, 9.17) is 11.6 Å². The van der Waals surface area contributed by atoms with Crippen molar-refractivity contribution >= 4 is 29.1 Å². The van der Waals surface area contributed by atoms with Crippen LogP contribution in [0.1, 0.15) is 11.1 Å². The van der Waals surface area contributed by atoms with Crippen LogP contribution in [0.5, 0.6) is 0 Å². The van der Waals surface area contributed by atoms with Gasteiger partial charge in [-0.15, -0.1) is 0 Å². The topological polar surface area (TPSA) is 43.1 Å². The van der Waals surface area contributed by atoms with Crippen molar-refractivity contribution in [1.82, 2.24) is 19.6 Å². The highest BCUT2D eigenvalue weighted by Crippen LogP contribution is 2.30. The molecule has 0 saturated carbocycles. The summed E-state index contributed by atoms with van der Waals surface area (Å²) in [4.78, 5) is 9.31. The lowest BCUT2D eigenvalue weighted by Gasteiger charge is -2.06. The van der Waals surface area contributed by atoms with E-state index in [-0.39, 0.29) is 0 Å². The zero-order chi connectivity index (χ0) is 13.4. The van der Waals surface area contributed by atoms with Gasteiger partial charge in [0.15, 0.2) is 0 Å². The molecule has 4 nitrogen and oxygen atoms in total. The molecule has 0 aliphatic rings. The van der Waals surface area contributed by atoms with Gasteiger partial charge in [0.25, 0.3) is 5.78 Å². The summed E-state index contributed by atoms with van der Waals surface area (Å²) in [5.74, 6) is 0.513. The van der Waals surface area contributed by atoms with Gasteiger partial charge in [0.05, 0.1) is 0 Å². The number of nitrogens with zero attached hydrogens (tertiary/aromatic N) is 4. The monoisotopic (exact) mass is 290 g/mol.